The van der Waals surface area contributed by atoms with Crippen LogP contribution < -0.4 is 11.0 Å². The molecule has 0 unspecified atom stereocenters. The van der Waals surface area contributed by atoms with Gasteiger partial charge in [-0.2, -0.15) is 18.3 Å². The molecule has 3 N–H and O–H groups in total. The normalized spacial score (nSPS) is 23.2. The standard InChI is InChI=1S/C11H12F3N3O2/c1-5-3-6(2)15-9(18)8(5)7-4-10(19,17-16-7)11(12,13)14/h3,17,19H,4H2,1-2H3,(H,15,18)/t10-/m1/s1. The van der Waals surface area contributed by atoms with Crippen LogP contribution in [-0.4, -0.2) is 27.7 Å². The molecule has 1 aromatic rings. The number of aromatic nitrogens is 1. The summed E-state index contributed by atoms with van der Waals surface area (Å²) in [4.78, 5) is 14.3. The van der Waals surface area contributed by atoms with E-state index in [1.807, 2.05) is 0 Å². The number of pyridine rings is 1. The number of alkyl halides is 3. The number of rotatable bonds is 1. The molecule has 2 rings (SSSR count). The van der Waals surface area contributed by atoms with E-state index in [9.17, 15) is 23.1 Å². The molecule has 0 fully saturated rings. The number of hydrogen-bond acceptors (Lipinski definition) is 4. The van der Waals surface area contributed by atoms with E-state index in [1.54, 1.807) is 25.3 Å². The van der Waals surface area contributed by atoms with Gasteiger partial charge < -0.3 is 10.1 Å². The fourth-order valence-electron chi connectivity index (χ4n) is 2.00. The number of nitrogens with zero attached hydrogens (tertiary/aromatic N) is 1. The van der Waals surface area contributed by atoms with Crippen molar-refractivity contribution in [1.82, 2.24) is 10.4 Å². The largest absolute Gasteiger partial charge is 0.438 e. The van der Waals surface area contributed by atoms with Crippen LogP contribution in [0.5, 0.6) is 0 Å². The van der Waals surface area contributed by atoms with Gasteiger partial charge in [-0.3, -0.25) is 10.2 Å². The van der Waals surface area contributed by atoms with Crippen LogP contribution in [0.3, 0.4) is 0 Å². The van der Waals surface area contributed by atoms with Gasteiger partial charge in [-0.15, -0.1) is 0 Å². The van der Waals surface area contributed by atoms with Crippen molar-refractivity contribution in [2.24, 2.45) is 5.10 Å². The van der Waals surface area contributed by atoms with Crippen LogP contribution in [0.2, 0.25) is 0 Å². The lowest BCUT2D eigenvalue weighted by Gasteiger charge is -2.24. The minimum absolute atomic E-state index is 0.0540. The van der Waals surface area contributed by atoms with Crippen LogP contribution in [0.15, 0.2) is 16.0 Å². The summed E-state index contributed by atoms with van der Waals surface area (Å²) in [7, 11) is 0. The predicted octanol–water partition coefficient (Wildman–Crippen LogP) is 0.940. The molecule has 0 radical (unpaired) electrons. The Labute approximate surface area is 106 Å². The van der Waals surface area contributed by atoms with Gasteiger partial charge in [0.25, 0.3) is 11.3 Å². The summed E-state index contributed by atoms with van der Waals surface area (Å²) in [5.74, 6) is 0. The van der Waals surface area contributed by atoms with Crippen molar-refractivity contribution in [3.05, 3.63) is 33.2 Å². The van der Waals surface area contributed by atoms with Crippen molar-refractivity contribution in [1.29, 1.82) is 0 Å². The monoisotopic (exact) mass is 275 g/mol. The van der Waals surface area contributed by atoms with Gasteiger partial charge in [0.05, 0.1) is 17.7 Å². The third-order valence-electron chi connectivity index (χ3n) is 2.92. The van der Waals surface area contributed by atoms with Gasteiger partial charge in [-0.1, -0.05) is 0 Å². The molecular weight excluding hydrogens is 263 g/mol. The van der Waals surface area contributed by atoms with Crippen molar-refractivity contribution in [2.75, 3.05) is 0 Å². The molecule has 8 heteroatoms. The zero-order valence-electron chi connectivity index (χ0n) is 10.2. The number of aryl methyl sites for hydroxylation is 2. The van der Waals surface area contributed by atoms with Crippen molar-refractivity contribution >= 4 is 5.71 Å². The number of aliphatic hydroxyl groups is 1. The SMILES string of the molecule is Cc1cc(C)c(C2=NN[C@](O)(C(F)(F)F)C2)c(=O)[nH]1. The third-order valence-corrected chi connectivity index (χ3v) is 2.92. The molecule has 104 valence electrons. The lowest BCUT2D eigenvalue weighted by atomic mass is 9.99. The Bertz CT molecular complexity index is 606. The molecule has 0 amide bonds. The molecule has 1 atom stereocenters. The quantitative estimate of drug-likeness (QED) is 0.714. The minimum Gasteiger partial charge on any atom is -0.362 e. The lowest BCUT2D eigenvalue weighted by molar-refractivity contribution is -0.266. The van der Waals surface area contributed by atoms with Crippen LogP contribution in [0.1, 0.15) is 23.2 Å². The van der Waals surface area contributed by atoms with Gasteiger partial charge >= 0.3 is 6.18 Å². The maximum absolute atomic E-state index is 12.6. The van der Waals surface area contributed by atoms with Crippen LogP contribution in [0.25, 0.3) is 0 Å². The Hall–Kier alpha value is -1.83. The summed E-state index contributed by atoms with van der Waals surface area (Å²) in [5.41, 5.74) is -0.936. The summed E-state index contributed by atoms with van der Waals surface area (Å²) in [6, 6.07) is 1.63. The molecule has 1 aliphatic heterocycles. The topological polar surface area (TPSA) is 77.5 Å². The smallest absolute Gasteiger partial charge is 0.362 e. The number of nitrogens with one attached hydrogen (secondary N) is 2. The molecule has 0 aliphatic carbocycles. The van der Waals surface area contributed by atoms with E-state index in [-0.39, 0.29) is 11.3 Å². The summed E-state index contributed by atoms with van der Waals surface area (Å²) >= 11 is 0. The van der Waals surface area contributed by atoms with E-state index in [2.05, 4.69) is 10.1 Å². The highest BCUT2D eigenvalue weighted by Crippen LogP contribution is 2.34. The number of H-pyrrole nitrogens is 1. The third kappa shape index (κ3) is 2.23. The molecule has 19 heavy (non-hydrogen) atoms. The minimum atomic E-state index is -4.87. The molecule has 0 saturated heterocycles. The van der Waals surface area contributed by atoms with Crippen LogP contribution in [0.4, 0.5) is 13.2 Å². The highest BCUT2D eigenvalue weighted by Gasteiger charge is 2.57. The second kappa shape index (κ2) is 4.09. The Morgan fingerprint density at radius 2 is 2.05 bits per heavy atom. The first-order chi connectivity index (χ1) is 8.64. The van der Waals surface area contributed by atoms with Crippen LogP contribution >= 0.6 is 0 Å². The summed E-state index contributed by atoms with van der Waals surface area (Å²) in [6.45, 7) is 3.27. The van der Waals surface area contributed by atoms with Gasteiger partial charge in [-0.05, 0) is 25.5 Å². The van der Waals surface area contributed by atoms with Crippen molar-refractivity contribution < 1.29 is 18.3 Å². The van der Waals surface area contributed by atoms with E-state index in [0.29, 0.717) is 11.3 Å². The molecule has 0 spiro atoms. The average Bonchev–Trinajstić information content (AvgIpc) is 2.59. The lowest BCUT2D eigenvalue weighted by Crippen LogP contribution is -2.52. The summed E-state index contributed by atoms with van der Waals surface area (Å²) in [5, 5.41) is 12.9. The summed E-state index contributed by atoms with van der Waals surface area (Å²) < 4.78 is 37.9. The Morgan fingerprint density at radius 3 is 2.53 bits per heavy atom. The number of halogens is 3. The second-order valence-electron chi connectivity index (χ2n) is 4.54. The predicted molar refractivity (Wildman–Crippen MR) is 61.8 cm³/mol. The molecule has 1 aliphatic rings. The fourth-order valence-corrected chi connectivity index (χ4v) is 2.00. The molecule has 5 nitrogen and oxygen atoms in total. The van der Waals surface area contributed by atoms with E-state index in [0.717, 1.165) is 0 Å². The number of hydrazone groups is 1. The average molecular weight is 275 g/mol. The molecular formula is C11H12F3N3O2. The van der Waals surface area contributed by atoms with E-state index in [4.69, 9.17) is 0 Å². The van der Waals surface area contributed by atoms with Crippen molar-refractivity contribution in [2.45, 2.75) is 32.2 Å². The first-order valence-electron chi connectivity index (χ1n) is 5.48. The Kier molecular flexibility index (Phi) is 2.93. The number of hydrogen-bond donors (Lipinski definition) is 3. The first kappa shape index (κ1) is 13.6. The van der Waals surface area contributed by atoms with Crippen molar-refractivity contribution in [3.63, 3.8) is 0 Å². The number of aromatic amines is 1. The van der Waals surface area contributed by atoms with Gasteiger partial charge in [0.2, 0.25) is 0 Å². The van der Waals surface area contributed by atoms with Gasteiger partial charge in [0.15, 0.2) is 0 Å². The van der Waals surface area contributed by atoms with Crippen LogP contribution in [0, 0.1) is 13.8 Å². The van der Waals surface area contributed by atoms with Gasteiger partial charge in [-0.25, -0.2) is 0 Å². The molecule has 2 heterocycles. The fraction of sp³-hybridized carbons (Fsp3) is 0.455. The van der Waals surface area contributed by atoms with Crippen LogP contribution in [-0.2, 0) is 0 Å². The highest BCUT2D eigenvalue weighted by atomic mass is 19.4. The van der Waals surface area contributed by atoms with Gasteiger partial charge in [0.1, 0.15) is 0 Å². The zero-order chi connectivity index (χ0) is 14.4. The highest BCUT2D eigenvalue weighted by molar-refractivity contribution is 6.02. The Balaban J connectivity index is 2.40. The van der Waals surface area contributed by atoms with E-state index < -0.39 is 23.9 Å². The maximum Gasteiger partial charge on any atom is 0.438 e. The zero-order valence-corrected chi connectivity index (χ0v) is 10.2. The molecule has 0 bridgehead atoms. The Morgan fingerprint density at radius 1 is 1.42 bits per heavy atom. The molecule has 0 aromatic carbocycles. The van der Waals surface area contributed by atoms with Crippen molar-refractivity contribution in [3.8, 4) is 0 Å². The van der Waals surface area contributed by atoms with E-state index >= 15 is 0 Å². The molecule has 0 saturated carbocycles. The van der Waals surface area contributed by atoms with E-state index in [1.165, 1.54) is 0 Å². The first-order valence-corrected chi connectivity index (χ1v) is 5.48. The molecule has 1 aromatic heterocycles. The summed E-state index contributed by atoms with van der Waals surface area (Å²) in [6.07, 6.45) is -5.67. The second-order valence-corrected chi connectivity index (χ2v) is 4.54. The maximum atomic E-state index is 12.6. The van der Waals surface area contributed by atoms with Gasteiger partial charge in [0, 0.05) is 5.69 Å².